The zero-order valence-corrected chi connectivity index (χ0v) is 9.98. The normalized spacial score (nSPS) is 10.3. The lowest BCUT2D eigenvalue weighted by Crippen LogP contribution is -2.05. The van der Waals surface area contributed by atoms with E-state index in [4.69, 9.17) is 9.47 Å². The van der Waals surface area contributed by atoms with Gasteiger partial charge in [0.25, 0.3) is 0 Å². The number of esters is 1. The molecule has 4 nitrogen and oxygen atoms in total. The number of aryl methyl sites for hydroxylation is 1. The number of ether oxygens (including phenoxy) is 2. The van der Waals surface area contributed by atoms with Crippen molar-refractivity contribution in [2.24, 2.45) is 0 Å². The summed E-state index contributed by atoms with van der Waals surface area (Å²) in [7, 11) is 2.82. The van der Waals surface area contributed by atoms with Crippen molar-refractivity contribution in [1.82, 2.24) is 4.98 Å². The van der Waals surface area contributed by atoms with E-state index in [-0.39, 0.29) is 5.88 Å². The third-order valence-corrected chi connectivity index (χ3v) is 2.54. The highest BCUT2D eigenvalue weighted by Gasteiger charge is 2.15. The van der Waals surface area contributed by atoms with E-state index in [0.29, 0.717) is 5.56 Å². The lowest BCUT2D eigenvalue weighted by molar-refractivity contribution is 0.0596. The Hall–Kier alpha value is -2.10. The molecule has 0 aliphatic carbocycles. The van der Waals surface area contributed by atoms with Crippen LogP contribution in [0.15, 0.2) is 24.3 Å². The van der Waals surface area contributed by atoms with Gasteiger partial charge >= 0.3 is 5.97 Å². The van der Waals surface area contributed by atoms with Crippen LogP contribution in [0.1, 0.15) is 15.9 Å². The van der Waals surface area contributed by atoms with E-state index in [1.165, 1.54) is 14.2 Å². The summed E-state index contributed by atoms with van der Waals surface area (Å²) in [5.41, 5.74) is 2.25. The predicted molar refractivity (Wildman–Crippen MR) is 64.4 cm³/mol. The number of fused-ring (bicyclic) bond motifs is 1. The zero-order chi connectivity index (χ0) is 12.4. The fraction of sp³-hybridized carbons (Fsp3) is 0.231. The number of carbonyl (C=O) groups excluding carboxylic acids is 1. The largest absolute Gasteiger partial charge is 0.480 e. The highest BCUT2D eigenvalue weighted by Crippen LogP contribution is 2.23. The molecule has 88 valence electrons. The van der Waals surface area contributed by atoms with Gasteiger partial charge in [-0.05, 0) is 24.6 Å². The number of benzene rings is 1. The molecular formula is C13H13NO3. The van der Waals surface area contributed by atoms with Crippen LogP contribution in [0.25, 0.3) is 10.9 Å². The number of aromatic nitrogens is 1. The Labute approximate surface area is 99.2 Å². The maximum atomic E-state index is 11.6. The lowest BCUT2D eigenvalue weighted by Gasteiger charge is -2.08. The summed E-state index contributed by atoms with van der Waals surface area (Å²) in [5.74, 6) is -0.160. The van der Waals surface area contributed by atoms with Crippen molar-refractivity contribution in [1.29, 1.82) is 0 Å². The predicted octanol–water partition coefficient (Wildman–Crippen LogP) is 2.34. The summed E-state index contributed by atoms with van der Waals surface area (Å²) < 4.78 is 9.80. The first-order valence-corrected chi connectivity index (χ1v) is 5.19. The van der Waals surface area contributed by atoms with Crippen molar-refractivity contribution in [2.75, 3.05) is 14.2 Å². The standard InChI is InChI=1S/C13H13NO3/c1-8-4-5-9-7-10(13(15)17-3)12(16-2)14-11(9)6-8/h4-7H,1-3H3. The smallest absolute Gasteiger partial charge is 0.343 e. The van der Waals surface area contributed by atoms with Gasteiger partial charge in [0, 0.05) is 5.39 Å². The Kier molecular flexibility index (Phi) is 2.95. The minimum Gasteiger partial charge on any atom is -0.480 e. The number of hydrogen-bond acceptors (Lipinski definition) is 4. The first-order valence-electron chi connectivity index (χ1n) is 5.19. The van der Waals surface area contributed by atoms with Gasteiger partial charge in [-0.2, -0.15) is 0 Å². The molecule has 0 amide bonds. The average molecular weight is 231 g/mol. The highest BCUT2D eigenvalue weighted by atomic mass is 16.5. The van der Waals surface area contributed by atoms with Crippen LogP contribution in [-0.2, 0) is 4.74 Å². The third kappa shape index (κ3) is 2.06. The van der Waals surface area contributed by atoms with E-state index in [1.807, 2.05) is 25.1 Å². The van der Waals surface area contributed by atoms with Gasteiger partial charge in [0.1, 0.15) is 5.56 Å². The minimum atomic E-state index is -0.447. The molecule has 17 heavy (non-hydrogen) atoms. The van der Waals surface area contributed by atoms with Gasteiger partial charge in [0.05, 0.1) is 19.7 Å². The summed E-state index contributed by atoms with van der Waals surface area (Å²) in [6.07, 6.45) is 0. The van der Waals surface area contributed by atoms with Gasteiger partial charge in [-0.3, -0.25) is 0 Å². The van der Waals surface area contributed by atoms with Crippen LogP contribution in [-0.4, -0.2) is 25.2 Å². The van der Waals surface area contributed by atoms with Gasteiger partial charge in [0.15, 0.2) is 0 Å². The van der Waals surface area contributed by atoms with Crippen molar-refractivity contribution in [3.8, 4) is 5.88 Å². The molecule has 0 atom stereocenters. The van der Waals surface area contributed by atoms with E-state index < -0.39 is 5.97 Å². The van der Waals surface area contributed by atoms with E-state index in [0.717, 1.165) is 16.5 Å². The van der Waals surface area contributed by atoms with Gasteiger partial charge in [0.2, 0.25) is 5.88 Å². The zero-order valence-electron chi connectivity index (χ0n) is 9.98. The van der Waals surface area contributed by atoms with Gasteiger partial charge < -0.3 is 9.47 Å². The van der Waals surface area contributed by atoms with Crippen LogP contribution < -0.4 is 4.74 Å². The Morgan fingerprint density at radius 2 is 2.00 bits per heavy atom. The Bertz CT molecular complexity index is 578. The van der Waals surface area contributed by atoms with Crippen molar-refractivity contribution >= 4 is 16.9 Å². The first kappa shape index (κ1) is 11.4. The summed E-state index contributed by atoms with van der Waals surface area (Å²) in [6.45, 7) is 1.99. The molecule has 2 rings (SSSR count). The molecule has 0 spiro atoms. The van der Waals surface area contributed by atoms with Crippen LogP contribution in [0.5, 0.6) is 5.88 Å². The van der Waals surface area contributed by atoms with Crippen LogP contribution in [0.4, 0.5) is 0 Å². The van der Waals surface area contributed by atoms with E-state index in [9.17, 15) is 4.79 Å². The van der Waals surface area contributed by atoms with Crippen molar-refractivity contribution < 1.29 is 14.3 Å². The monoisotopic (exact) mass is 231 g/mol. The van der Waals surface area contributed by atoms with Crippen LogP contribution in [0.2, 0.25) is 0 Å². The lowest BCUT2D eigenvalue weighted by atomic mass is 10.1. The number of carbonyl (C=O) groups is 1. The van der Waals surface area contributed by atoms with Crippen LogP contribution in [0.3, 0.4) is 0 Å². The van der Waals surface area contributed by atoms with Crippen LogP contribution in [0, 0.1) is 6.92 Å². The van der Waals surface area contributed by atoms with E-state index in [1.54, 1.807) is 6.07 Å². The molecule has 0 aliphatic heterocycles. The molecule has 1 aromatic carbocycles. The summed E-state index contributed by atoms with van der Waals surface area (Å²) in [5, 5.41) is 0.886. The number of pyridine rings is 1. The maximum Gasteiger partial charge on any atom is 0.343 e. The molecule has 0 radical (unpaired) electrons. The second kappa shape index (κ2) is 4.41. The molecule has 0 N–H and O–H groups in total. The second-order valence-electron chi connectivity index (χ2n) is 3.73. The molecule has 0 unspecified atom stereocenters. The number of methoxy groups -OCH3 is 2. The molecule has 0 aliphatic rings. The SMILES string of the molecule is COC(=O)c1cc2ccc(C)cc2nc1OC. The number of rotatable bonds is 2. The van der Waals surface area contributed by atoms with Gasteiger partial charge in [-0.1, -0.05) is 12.1 Å². The maximum absolute atomic E-state index is 11.6. The Morgan fingerprint density at radius 1 is 1.24 bits per heavy atom. The molecule has 4 heteroatoms. The fourth-order valence-electron chi connectivity index (χ4n) is 1.67. The average Bonchev–Trinajstić information content (AvgIpc) is 2.36. The Morgan fingerprint density at radius 3 is 2.65 bits per heavy atom. The van der Waals surface area contributed by atoms with Gasteiger partial charge in [-0.15, -0.1) is 0 Å². The molecule has 1 aromatic heterocycles. The van der Waals surface area contributed by atoms with E-state index >= 15 is 0 Å². The molecule has 0 fully saturated rings. The first-order chi connectivity index (χ1) is 8.15. The summed E-state index contributed by atoms with van der Waals surface area (Å²) in [6, 6.07) is 7.56. The number of nitrogens with zero attached hydrogens (tertiary/aromatic N) is 1. The third-order valence-electron chi connectivity index (χ3n) is 2.54. The Balaban J connectivity index is 2.68. The van der Waals surface area contributed by atoms with Crippen molar-refractivity contribution in [3.63, 3.8) is 0 Å². The van der Waals surface area contributed by atoms with Crippen LogP contribution >= 0.6 is 0 Å². The molecular weight excluding hydrogens is 218 g/mol. The summed E-state index contributed by atoms with van der Waals surface area (Å²) in [4.78, 5) is 15.9. The summed E-state index contributed by atoms with van der Waals surface area (Å²) >= 11 is 0. The quantitative estimate of drug-likeness (QED) is 0.744. The molecule has 1 heterocycles. The molecule has 0 saturated heterocycles. The number of hydrogen-bond donors (Lipinski definition) is 0. The second-order valence-corrected chi connectivity index (χ2v) is 3.73. The highest BCUT2D eigenvalue weighted by molar-refractivity contribution is 5.96. The van der Waals surface area contributed by atoms with Gasteiger partial charge in [-0.25, -0.2) is 9.78 Å². The van der Waals surface area contributed by atoms with Crippen molar-refractivity contribution in [3.05, 3.63) is 35.4 Å². The van der Waals surface area contributed by atoms with Crippen molar-refractivity contribution in [2.45, 2.75) is 6.92 Å². The molecule has 0 saturated carbocycles. The molecule has 2 aromatic rings. The minimum absolute atomic E-state index is 0.287. The fourth-order valence-corrected chi connectivity index (χ4v) is 1.67. The topological polar surface area (TPSA) is 48.4 Å². The van der Waals surface area contributed by atoms with E-state index in [2.05, 4.69) is 4.98 Å². The molecule has 0 bridgehead atoms.